The van der Waals surface area contributed by atoms with Crippen molar-refractivity contribution in [2.24, 2.45) is 0 Å². The van der Waals surface area contributed by atoms with E-state index in [1.165, 1.54) is 162 Å². The fourth-order valence-corrected chi connectivity index (χ4v) is 15.9. The number of nitrogens with zero attached hydrogens (tertiary/aromatic N) is 2. The molecule has 0 bridgehead atoms. The van der Waals surface area contributed by atoms with Gasteiger partial charge in [-0.15, -0.1) is 0 Å². The molecule has 4 nitrogen and oxygen atoms in total. The first-order valence-corrected chi connectivity index (χ1v) is 32.0. The lowest BCUT2D eigenvalue weighted by molar-refractivity contribution is 0.442. The van der Waals surface area contributed by atoms with Crippen molar-refractivity contribution < 1.29 is 8.83 Å². The second kappa shape index (κ2) is 20.8. The number of rotatable bonds is 10. The SMILES string of the molecule is c1ccc(-c2ccc(N(c3ccc4ccc5c(N(c6ccc(-c7ccccc7)cc6)c6cccc7c6oc6c(C8CCCCC8)cc8ccccc8c67)ccc6ccc3c4c65)c3cccc4c3oc3c(C5CCCCC5)cc5ccccc5c34)cc2)cc1. The summed E-state index contributed by atoms with van der Waals surface area (Å²) in [4.78, 5) is 4.95. The van der Waals surface area contributed by atoms with Crippen LogP contribution in [0.15, 0.2) is 264 Å². The largest absolute Gasteiger partial charge is 0.454 e. The molecule has 0 unspecified atom stereocenters. The molecule has 18 rings (SSSR count). The van der Waals surface area contributed by atoms with Crippen LogP contribution in [0.1, 0.15) is 87.2 Å². The highest BCUT2D eigenvalue weighted by Crippen LogP contribution is 2.53. The predicted octanol–water partition coefficient (Wildman–Crippen LogP) is 25.1. The van der Waals surface area contributed by atoms with Gasteiger partial charge in [0.1, 0.15) is 11.2 Å². The van der Waals surface area contributed by atoms with Crippen LogP contribution in [0.3, 0.4) is 0 Å². The normalized spacial score (nSPS) is 14.5. The zero-order valence-electron chi connectivity index (χ0n) is 49.2. The van der Waals surface area contributed by atoms with Crippen molar-refractivity contribution in [2.45, 2.75) is 76.0 Å². The van der Waals surface area contributed by atoms with E-state index in [-0.39, 0.29) is 0 Å². The number of para-hydroxylation sites is 2. The zero-order valence-corrected chi connectivity index (χ0v) is 49.2. The Balaban J connectivity index is 0.872. The Morgan fingerprint density at radius 1 is 0.250 bits per heavy atom. The van der Waals surface area contributed by atoms with Gasteiger partial charge in [0.2, 0.25) is 0 Å². The summed E-state index contributed by atoms with van der Waals surface area (Å²) in [6.45, 7) is 0. The Morgan fingerprint density at radius 3 is 1.06 bits per heavy atom. The Morgan fingerprint density at radius 2 is 0.625 bits per heavy atom. The molecule has 2 aliphatic carbocycles. The molecule has 4 heteroatoms. The second-order valence-electron chi connectivity index (χ2n) is 25.1. The number of fused-ring (bicyclic) bond motifs is 10. The van der Waals surface area contributed by atoms with Gasteiger partial charge < -0.3 is 18.6 Å². The predicted molar refractivity (Wildman–Crippen MR) is 372 cm³/mol. The Kier molecular flexibility index (Phi) is 12.1. The number of anilines is 6. The average molecular weight is 1130 g/mol. The summed E-state index contributed by atoms with van der Waals surface area (Å²) >= 11 is 0. The van der Waals surface area contributed by atoms with Gasteiger partial charge in [-0.25, -0.2) is 0 Å². The molecule has 0 amide bonds. The van der Waals surface area contributed by atoms with Gasteiger partial charge in [0, 0.05) is 43.7 Å². The van der Waals surface area contributed by atoms with Gasteiger partial charge in [-0.05, 0) is 175 Å². The summed E-state index contributed by atoms with van der Waals surface area (Å²) < 4.78 is 15.1. The molecule has 0 spiro atoms. The fourth-order valence-electron chi connectivity index (χ4n) is 15.9. The minimum Gasteiger partial charge on any atom is -0.454 e. The van der Waals surface area contributed by atoms with E-state index < -0.39 is 0 Å². The quantitative estimate of drug-likeness (QED) is 0.128. The smallest absolute Gasteiger partial charge is 0.159 e. The molecule has 2 aliphatic rings. The van der Waals surface area contributed by atoms with Crippen molar-refractivity contribution in [3.63, 3.8) is 0 Å². The zero-order chi connectivity index (χ0) is 57.8. The van der Waals surface area contributed by atoms with Crippen LogP contribution < -0.4 is 9.80 Å². The van der Waals surface area contributed by atoms with Crippen molar-refractivity contribution in [1.29, 1.82) is 0 Å². The average Bonchev–Trinajstić information content (AvgIpc) is 1.60. The van der Waals surface area contributed by atoms with E-state index >= 15 is 0 Å². The van der Waals surface area contributed by atoms with E-state index in [1.807, 2.05) is 0 Å². The number of hydrogen-bond donors (Lipinski definition) is 0. The molecule has 2 fully saturated rings. The molecule has 0 radical (unpaired) electrons. The minimum absolute atomic E-state index is 0.463. The van der Waals surface area contributed by atoms with Gasteiger partial charge in [-0.1, -0.05) is 233 Å². The lowest BCUT2D eigenvalue weighted by Gasteiger charge is -2.29. The van der Waals surface area contributed by atoms with Crippen LogP contribution in [-0.4, -0.2) is 0 Å². The van der Waals surface area contributed by atoms with Crippen molar-refractivity contribution in [3.05, 3.63) is 266 Å². The van der Waals surface area contributed by atoms with Crippen LogP contribution in [0, 0.1) is 0 Å². The van der Waals surface area contributed by atoms with Crippen LogP contribution in [0.2, 0.25) is 0 Å². The molecule has 88 heavy (non-hydrogen) atoms. The molecule has 0 saturated heterocycles. The summed E-state index contributed by atoms with van der Waals surface area (Å²) in [5.41, 5.74) is 17.6. The number of benzene rings is 14. The summed E-state index contributed by atoms with van der Waals surface area (Å²) in [6.07, 6.45) is 12.4. The van der Waals surface area contributed by atoms with Gasteiger partial charge in [0.25, 0.3) is 0 Å². The standard InChI is InChI=1S/C84H64N2O2/c1-5-19-53(20-6-1)55-35-43-63(44-36-55)85(75-33-17-31-69-79-65-29-15-13-27-61(65)51-71(83(79)87-81(69)75)57-23-9-3-10-24-57)73-49-41-59-40-48-68-74(50-42-60-39-47-67(73)77(59)78(60)68)86(64-45-37-56(38-46-64)54-21-7-2-8-22-54)76-34-18-32-70-80-66-30-16-14-28-62(66)52-72(84(80)88-82(70)76)58-25-11-4-12-26-58/h1-2,5-8,13-22,27-52,57-58H,3-4,9-12,23-26H2. The highest BCUT2D eigenvalue weighted by Gasteiger charge is 2.30. The minimum atomic E-state index is 0.463. The van der Waals surface area contributed by atoms with Crippen molar-refractivity contribution in [1.82, 2.24) is 0 Å². The Labute approximate surface area is 511 Å². The first kappa shape index (κ1) is 51.1. The van der Waals surface area contributed by atoms with Crippen LogP contribution in [-0.2, 0) is 0 Å². The lowest BCUT2D eigenvalue weighted by atomic mass is 9.82. The van der Waals surface area contributed by atoms with Crippen LogP contribution in [0.5, 0.6) is 0 Å². The molecule has 2 heterocycles. The molecular formula is C84H64N2O2. The van der Waals surface area contributed by atoms with Crippen LogP contribution >= 0.6 is 0 Å². The van der Waals surface area contributed by atoms with Gasteiger partial charge in [-0.2, -0.15) is 0 Å². The van der Waals surface area contributed by atoms with Crippen molar-refractivity contribution in [2.75, 3.05) is 9.80 Å². The molecular weight excluding hydrogens is 1070 g/mol. The third-order valence-electron chi connectivity index (χ3n) is 20.1. The molecule has 422 valence electrons. The summed E-state index contributed by atoms with van der Waals surface area (Å²) in [5.74, 6) is 0.925. The third kappa shape index (κ3) is 8.18. The van der Waals surface area contributed by atoms with E-state index in [0.29, 0.717) is 11.8 Å². The summed E-state index contributed by atoms with van der Waals surface area (Å²) in [5, 5.41) is 16.9. The van der Waals surface area contributed by atoms with Gasteiger partial charge in [-0.3, -0.25) is 0 Å². The van der Waals surface area contributed by atoms with E-state index in [4.69, 9.17) is 8.83 Å². The van der Waals surface area contributed by atoms with E-state index in [0.717, 1.165) is 67.2 Å². The highest BCUT2D eigenvalue weighted by molar-refractivity contribution is 6.30. The van der Waals surface area contributed by atoms with Crippen LogP contribution in [0.4, 0.5) is 34.1 Å². The van der Waals surface area contributed by atoms with E-state index in [2.05, 4.69) is 265 Å². The maximum atomic E-state index is 7.53. The number of furan rings is 2. The molecule has 2 saturated carbocycles. The molecule has 0 aliphatic heterocycles. The maximum Gasteiger partial charge on any atom is 0.159 e. The molecule has 0 atom stereocenters. The molecule has 16 aromatic rings. The van der Waals surface area contributed by atoms with Gasteiger partial charge in [0.05, 0.1) is 22.7 Å². The van der Waals surface area contributed by atoms with E-state index in [1.54, 1.807) is 0 Å². The topological polar surface area (TPSA) is 32.8 Å². The third-order valence-corrected chi connectivity index (χ3v) is 20.1. The fraction of sp³-hybridized carbons (Fsp3) is 0.143. The second-order valence-corrected chi connectivity index (χ2v) is 25.1. The van der Waals surface area contributed by atoms with Gasteiger partial charge >= 0.3 is 0 Å². The molecule has 2 aromatic heterocycles. The van der Waals surface area contributed by atoms with Crippen molar-refractivity contribution >= 4 is 132 Å². The Hall–Kier alpha value is -10.2. The molecule has 14 aromatic carbocycles. The first-order chi connectivity index (χ1) is 43.7. The monoisotopic (exact) mass is 1130 g/mol. The summed E-state index contributed by atoms with van der Waals surface area (Å²) in [6, 6.07) is 94.8. The van der Waals surface area contributed by atoms with Gasteiger partial charge in [0.15, 0.2) is 11.2 Å². The maximum absolute atomic E-state index is 7.53. The first-order valence-electron chi connectivity index (χ1n) is 32.0. The van der Waals surface area contributed by atoms with Crippen LogP contribution in [0.25, 0.3) is 120 Å². The van der Waals surface area contributed by atoms with Crippen molar-refractivity contribution in [3.8, 4) is 22.3 Å². The highest BCUT2D eigenvalue weighted by atomic mass is 16.3. The van der Waals surface area contributed by atoms with E-state index in [9.17, 15) is 0 Å². The lowest BCUT2D eigenvalue weighted by Crippen LogP contribution is -2.12. The Bertz CT molecular complexity index is 5000. The summed E-state index contributed by atoms with van der Waals surface area (Å²) in [7, 11) is 0. The molecule has 0 N–H and O–H groups in total. The number of hydrogen-bond acceptors (Lipinski definition) is 4.